The monoisotopic (exact) mass is 221 g/mol. The Labute approximate surface area is 96.5 Å². The van der Waals surface area contributed by atoms with Crippen molar-refractivity contribution in [2.24, 2.45) is 0 Å². The van der Waals surface area contributed by atoms with Gasteiger partial charge in [0.1, 0.15) is 0 Å². The number of aromatic nitrogens is 1. The van der Waals surface area contributed by atoms with Gasteiger partial charge in [-0.15, -0.1) is 0 Å². The smallest absolute Gasteiger partial charge is 0.234 e. The normalized spacial score (nSPS) is 10.4. The van der Waals surface area contributed by atoms with Gasteiger partial charge >= 0.3 is 0 Å². The van der Waals surface area contributed by atoms with E-state index in [1.165, 1.54) is 5.56 Å². The third-order valence-electron chi connectivity index (χ3n) is 2.05. The van der Waals surface area contributed by atoms with Gasteiger partial charge in [0.25, 0.3) is 0 Å². The van der Waals surface area contributed by atoms with E-state index in [2.05, 4.69) is 15.6 Å². The van der Waals surface area contributed by atoms with Crippen molar-refractivity contribution in [2.75, 3.05) is 13.1 Å². The SMILES string of the molecule is CC(C)NC(=O)CNCCc1cccnc1. The van der Waals surface area contributed by atoms with Gasteiger partial charge in [0.2, 0.25) is 5.91 Å². The topological polar surface area (TPSA) is 54.0 Å². The summed E-state index contributed by atoms with van der Waals surface area (Å²) in [5.41, 5.74) is 1.18. The molecule has 4 nitrogen and oxygen atoms in total. The number of nitrogens with one attached hydrogen (secondary N) is 2. The molecule has 88 valence electrons. The number of hydrogen-bond acceptors (Lipinski definition) is 3. The molecule has 0 bridgehead atoms. The van der Waals surface area contributed by atoms with Gasteiger partial charge in [-0.1, -0.05) is 6.07 Å². The van der Waals surface area contributed by atoms with Crippen LogP contribution in [-0.2, 0) is 11.2 Å². The Bertz CT molecular complexity index is 311. The van der Waals surface area contributed by atoms with Crippen LogP contribution in [0.25, 0.3) is 0 Å². The molecule has 1 aromatic rings. The first-order valence-corrected chi connectivity index (χ1v) is 5.57. The number of hydrogen-bond donors (Lipinski definition) is 2. The molecule has 4 heteroatoms. The number of carbonyl (C=O) groups is 1. The molecule has 2 N–H and O–H groups in total. The Morgan fingerprint density at radius 1 is 1.50 bits per heavy atom. The van der Waals surface area contributed by atoms with Crippen molar-refractivity contribution in [2.45, 2.75) is 26.3 Å². The van der Waals surface area contributed by atoms with Crippen LogP contribution in [0.3, 0.4) is 0 Å². The van der Waals surface area contributed by atoms with Crippen LogP contribution in [-0.4, -0.2) is 30.0 Å². The average molecular weight is 221 g/mol. The lowest BCUT2D eigenvalue weighted by Gasteiger charge is -2.08. The van der Waals surface area contributed by atoms with Gasteiger partial charge < -0.3 is 10.6 Å². The Morgan fingerprint density at radius 2 is 2.31 bits per heavy atom. The molecule has 1 rings (SSSR count). The van der Waals surface area contributed by atoms with E-state index in [0.717, 1.165) is 13.0 Å². The van der Waals surface area contributed by atoms with Gasteiger partial charge in [-0.3, -0.25) is 9.78 Å². The van der Waals surface area contributed by atoms with Crippen molar-refractivity contribution < 1.29 is 4.79 Å². The molecule has 1 heterocycles. The summed E-state index contributed by atoms with van der Waals surface area (Å²) in [6.07, 6.45) is 4.49. The molecular formula is C12H19N3O. The van der Waals surface area contributed by atoms with E-state index in [1.54, 1.807) is 6.20 Å². The molecule has 16 heavy (non-hydrogen) atoms. The highest BCUT2D eigenvalue weighted by molar-refractivity contribution is 5.78. The molecule has 0 aliphatic heterocycles. The van der Waals surface area contributed by atoms with Crippen LogP contribution in [0.5, 0.6) is 0 Å². The van der Waals surface area contributed by atoms with Crippen LogP contribution in [0.15, 0.2) is 24.5 Å². The fourth-order valence-corrected chi connectivity index (χ4v) is 1.35. The highest BCUT2D eigenvalue weighted by Crippen LogP contribution is 1.94. The summed E-state index contributed by atoms with van der Waals surface area (Å²) >= 11 is 0. The molecule has 0 unspecified atom stereocenters. The van der Waals surface area contributed by atoms with Gasteiger partial charge in [-0.05, 0) is 38.4 Å². The fraction of sp³-hybridized carbons (Fsp3) is 0.500. The number of nitrogens with zero attached hydrogens (tertiary/aromatic N) is 1. The summed E-state index contributed by atoms with van der Waals surface area (Å²) < 4.78 is 0. The quantitative estimate of drug-likeness (QED) is 0.697. The first-order chi connectivity index (χ1) is 7.68. The fourth-order valence-electron chi connectivity index (χ4n) is 1.35. The van der Waals surface area contributed by atoms with Crippen molar-refractivity contribution >= 4 is 5.91 Å². The van der Waals surface area contributed by atoms with Crippen molar-refractivity contribution in [3.05, 3.63) is 30.1 Å². The molecule has 1 aromatic heterocycles. The van der Waals surface area contributed by atoms with E-state index >= 15 is 0 Å². The predicted octanol–water partition coefficient (Wildman–Crippen LogP) is 0.738. The minimum absolute atomic E-state index is 0.0428. The molecule has 0 radical (unpaired) electrons. The highest BCUT2D eigenvalue weighted by atomic mass is 16.1. The lowest BCUT2D eigenvalue weighted by Crippen LogP contribution is -2.38. The number of rotatable bonds is 6. The van der Waals surface area contributed by atoms with Crippen LogP contribution in [0.1, 0.15) is 19.4 Å². The maximum atomic E-state index is 11.3. The zero-order valence-corrected chi connectivity index (χ0v) is 9.86. The Balaban J connectivity index is 2.10. The largest absolute Gasteiger partial charge is 0.353 e. The van der Waals surface area contributed by atoms with E-state index < -0.39 is 0 Å². The highest BCUT2D eigenvalue weighted by Gasteiger charge is 2.01. The zero-order valence-electron chi connectivity index (χ0n) is 9.86. The lowest BCUT2D eigenvalue weighted by atomic mass is 10.2. The zero-order chi connectivity index (χ0) is 11.8. The molecule has 0 aliphatic carbocycles. The van der Waals surface area contributed by atoms with E-state index in [1.807, 2.05) is 32.2 Å². The maximum absolute atomic E-state index is 11.3. The standard InChI is InChI=1S/C12H19N3O/c1-10(2)15-12(16)9-14-7-5-11-4-3-6-13-8-11/h3-4,6,8,10,14H,5,7,9H2,1-2H3,(H,15,16). The number of amides is 1. The Kier molecular flexibility index (Phi) is 5.50. The molecule has 0 atom stereocenters. The van der Waals surface area contributed by atoms with Crippen molar-refractivity contribution in [3.63, 3.8) is 0 Å². The average Bonchev–Trinajstić information content (AvgIpc) is 2.25. The summed E-state index contributed by atoms with van der Waals surface area (Å²) in [6.45, 7) is 5.07. The first-order valence-electron chi connectivity index (χ1n) is 5.57. The van der Waals surface area contributed by atoms with Crippen LogP contribution in [0, 0.1) is 0 Å². The summed E-state index contributed by atoms with van der Waals surface area (Å²) in [5.74, 6) is 0.0428. The summed E-state index contributed by atoms with van der Waals surface area (Å²) in [7, 11) is 0. The van der Waals surface area contributed by atoms with Gasteiger partial charge in [-0.2, -0.15) is 0 Å². The Morgan fingerprint density at radius 3 is 2.94 bits per heavy atom. The van der Waals surface area contributed by atoms with Crippen LogP contribution < -0.4 is 10.6 Å². The number of carbonyl (C=O) groups excluding carboxylic acids is 1. The minimum atomic E-state index is 0.0428. The molecule has 0 aromatic carbocycles. The van der Waals surface area contributed by atoms with E-state index in [9.17, 15) is 4.79 Å². The van der Waals surface area contributed by atoms with E-state index in [-0.39, 0.29) is 11.9 Å². The predicted molar refractivity (Wildman–Crippen MR) is 64.1 cm³/mol. The molecule has 0 saturated heterocycles. The van der Waals surface area contributed by atoms with Gasteiger partial charge in [-0.25, -0.2) is 0 Å². The molecule has 0 fully saturated rings. The van der Waals surface area contributed by atoms with Crippen LogP contribution in [0.2, 0.25) is 0 Å². The van der Waals surface area contributed by atoms with Crippen LogP contribution >= 0.6 is 0 Å². The second kappa shape index (κ2) is 6.95. The third-order valence-corrected chi connectivity index (χ3v) is 2.05. The maximum Gasteiger partial charge on any atom is 0.234 e. The first kappa shape index (κ1) is 12.6. The van der Waals surface area contributed by atoms with Crippen molar-refractivity contribution in [3.8, 4) is 0 Å². The summed E-state index contributed by atoms with van der Waals surface area (Å²) in [5, 5.41) is 5.93. The molecule has 1 amide bonds. The van der Waals surface area contributed by atoms with E-state index in [0.29, 0.717) is 6.54 Å². The summed E-state index contributed by atoms with van der Waals surface area (Å²) in [4.78, 5) is 15.3. The van der Waals surface area contributed by atoms with Crippen molar-refractivity contribution in [1.82, 2.24) is 15.6 Å². The third kappa shape index (κ3) is 5.46. The molecule has 0 saturated carbocycles. The van der Waals surface area contributed by atoms with Gasteiger partial charge in [0.15, 0.2) is 0 Å². The number of pyridine rings is 1. The Hall–Kier alpha value is -1.42. The van der Waals surface area contributed by atoms with Gasteiger partial charge in [0.05, 0.1) is 6.54 Å². The van der Waals surface area contributed by atoms with Crippen molar-refractivity contribution in [1.29, 1.82) is 0 Å². The second-order valence-corrected chi connectivity index (χ2v) is 4.01. The minimum Gasteiger partial charge on any atom is -0.353 e. The lowest BCUT2D eigenvalue weighted by molar-refractivity contribution is -0.120. The molecule has 0 spiro atoms. The second-order valence-electron chi connectivity index (χ2n) is 4.01. The molecule has 0 aliphatic rings. The van der Waals surface area contributed by atoms with Gasteiger partial charge in [0, 0.05) is 18.4 Å². The summed E-state index contributed by atoms with van der Waals surface area (Å²) in [6, 6.07) is 4.15. The molecular weight excluding hydrogens is 202 g/mol. The van der Waals surface area contributed by atoms with E-state index in [4.69, 9.17) is 0 Å². The van der Waals surface area contributed by atoms with Crippen LogP contribution in [0.4, 0.5) is 0 Å².